The molecule has 1 fully saturated rings. The SMILES string of the molecule is COC(=O)C1(C(=O)OC)C/C(=C\SC(C)=O)C(Cc2ccccc2)C1. The highest BCUT2D eigenvalue weighted by Crippen LogP contribution is 2.49. The minimum Gasteiger partial charge on any atom is -0.468 e. The molecule has 0 radical (unpaired) electrons. The lowest BCUT2D eigenvalue weighted by Gasteiger charge is -2.22. The highest BCUT2D eigenvalue weighted by Gasteiger charge is 2.55. The predicted molar refractivity (Wildman–Crippen MR) is 95.7 cm³/mol. The Morgan fingerprint density at radius 1 is 1.16 bits per heavy atom. The van der Waals surface area contributed by atoms with Crippen LogP contribution >= 0.6 is 11.8 Å². The van der Waals surface area contributed by atoms with Gasteiger partial charge >= 0.3 is 11.9 Å². The summed E-state index contributed by atoms with van der Waals surface area (Å²) in [5, 5.41) is 1.73. The largest absolute Gasteiger partial charge is 0.468 e. The van der Waals surface area contributed by atoms with Gasteiger partial charge in [-0.2, -0.15) is 0 Å². The molecule has 1 aromatic rings. The van der Waals surface area contributed by atoms with Gasteiger partial charge in [0.05, 0.1) is 14.2 Å². The molecule has 0 saturated heterocycles. The number of benzene rings is 1. The van der Waals surface area contributed by atoms with Gasteiger partial charge in [-0.3, -0.25) is 14.4 Å². The van der Waals surface area contributed by atoms with E-state index in [1.165, 1.54) is 21.1 Å². The van der Waals surface area contributed by atoms with Crippen LogP contribution in [0.15, 0.2) is 41.3 Å². The van der Waals surface area contributed by atoms with Gasteiger partial charge in [0.2, 0.25) is 0 Å². The van der Waals surface area contributed by atoms with Crippen LogP contribution in [0.2, 0.25) is 0 Å². The number of ether oxygens (including phenoxy) is 2. The summed E-state index contributed by atoms with van der Waals surface area (Å²) in [5.74, 6) is -1.21. The molecule has 0 aromatic heterocycles. The summed E-state index contributed by atoms with van der Waals surface area (Å²) in [4.78, 5) is 36.1. The second kappa shape index (κ2) is 8.34. The van der Waals surface area contributed by atoms with E-state index in [1.54, 1.807) is 5.41 Å². The van der Waals surface area contributed by atoms with E-state index in [2.05, 4.69) is 0 Å². The first-order valence-corrected chi connectivity index (χ1v) is 8.88. The average Bonchev–Trinajstić information content (AvgIpc) is 2.99. The standard InChI is InChI=1S/C19H22O5S/c1-13(20)25-12-16-11-19(17(21)23-2,18(22)24-3)10-15(16)9-14-7-5-4-6-8-14/h4-8,12,15H,9-11H2,1-3H3/b16-12+. The van der Waals surface area contributed by atoms with E-state index in [9.17, 15) is 14.4 Å². The maximum absolute atomic E-state index is 12.4. The van der Waals surface area contributed by atoms with E-state index in [4.69, 9.17) is 9.47 Å². The Kier molecular flexibility index (Phi) is 6.42. The fraction of sp³-hybridized carbons (Fsp3) is 0.421. The molecule has 0 spiro atoms. The minimum absolute atomic E-state index is 0.0348. The molecule has 1 aromatic carbocycles. The lowest BCUT2D eigenvalue weighted by Crippen LogP contribution is -2.39. The summed E-state index contributed by atoms with van der Waals surface area (Å²) < 4.78 is 9.78. The molecule has 0 N–H and O–H groups in total. The first-order chi connectivity index (χ1) is 11.9. The molecule has 134 valence electrons. The summed E-state index contributed by atoms with van der Waals surface area (Å²) >= 11 is 1.08. The van der Waals surface area contributed by atoms with Gasteiger partial charge in [-0.15, -0.1) is 0 Å². The molecule has 0 heterocycles. The summed E-state index contributed by atoms with van der Waals surface area (Å²) in [6.07, 6.45) is 1.20. The normalized spacial score (nSPS) is 20.3. The van der Waals surface area contributed by atoms with Gasteiger partial charge in [-0.05, 0) is 36.2 Å². The molecule has 0 amide bonds. The highest BCUT2D eigenvalue weighted by atomic mass is 32.2. The molecule has 0 aliphatic heterocycles. The van der Waals surface area contributed by atoms with Crippen molar-refractivity contribution in [2.45, 2.75) is 26.2 Å². The highest BCUT2D eigenvalue weighted by molar-refractivity contribution is 8.16. The van der Waals surface area contributed by atoms with E-state index in [0.29, 0.717) is 12.8 Å². The van der Waals surface area contributed by atoms with Gasteiger partial charge in [0.1, 0.15) is 0 Å². The first kappa shape index (κ1) is 19.2. The number of carbonyl (C=O) groups is 3. The van der Waals surface area contributed by atoms with Crippen molar-refractivity contribution in [1.82, 2.24) is 0 Å². The van der Waals surface area contributed by atoms with Gasteiger partial charge in [-0.1, -0.05) is 47.7 Å². The zero-order valence-corrected chi connectivity index (χ0v) is 15.4. The lowest BCUT2D eigenvalue weighted by atomic mass is 9.84. The monoisotopic (exact) mass is 362 g/mol. The molecular weight excluding hydrogens is 340 g/mol. The number of allylic oxidation sites excluding steroid dienone is 1. The van der Waals surface area contributed by atoms with E-state index in [1.807, 2.05) is 30.3 Å². The first-order valence-electron chi connectivity index (χ1n) is 8.00. The van der Waals surface area contributed by atoms with Gasteiger partial charge in [0.25, 0.3) is 0 Å². The maximum atomic E-state index is 12.4. The molecule has 1 aliphatic rings. The molecule has 1 saturated carbocycles. The topological polar surface area (TPSA) is 69.7 Å². The van der Waals surface area contributed by atoms with Crippen molar-refractivity contribution in [3.8, 4) is 0 Å². The second-order valence-corrected chi connectivity index (χ2v) is 7.18. The number of carbonyl (C=O) groups excluding carboxylic acids is 3. The van der Waals surface area contributed by atoms with Crippen LogP contribution in [-0.2, 0) is 30.3 Å². The Hall–Kier alpha value is -2.08. The minimum atomic E-state index is -1.34. The van der Waals surface area contributed by atoms with Crippen molar-refractivity contribution in [1.29, 1.82) is 0 Å². The molecule has 5 nitrogen and oxygen atoms in total. The van der Waals surface area contributed by atoms with Gasteiger partial charge < -0.3 is 9.47 Å². The van der Waals surface area contributed by atoms with Crippen LogP contribution in [0.25, 0.3) is 0 Å². The van der Waals surface area contributed by atoms with Crippen LogP contribution in [0.4, 0.5) is 0 Å². The van der Waals surface area contributed by atoms with Crippen LogP contribution in [0.1, 0.15) is 25.3 Å². The van der Waals surface area contributed by atoms with E-state index in [0.717, 1.165) is 22.9 Å². The zero-order valence-electron chi connectivity index (χ0n) is 14.6. The van der Waals surface area contributed by atoms with Crippen molar-refractivity contribution < 1.29 is 23.9 Å². The molecule has 25 heavy (non-hydrogen) atoms. The van der Waals surface area contributed by atoms with Gasteiger partial charge in [0.15, 0.2) is 10.5 Å². The van der Waals surface area contributed by atoms with E-state index >= 15 is 0 Å². The molecule has 1 aliphatic carbocycles. The third-order valence-electron chi connectivity index (χ3n) is 4.48. The van der Waals surface area contributed by atoms with E-state index in [-0.39, 0.29) is 17.5 Å². The quantitative estimate of drug-likeness (QED) is 0.592. The molecule has 1 unspecified atom stereocenters. The summed E-state index contributed by atoms with van der Waals surface area (Å²) in [5.41, 5.74) is 0.670. The Morgan fingerprint density at radius 3 is 2.28 bits per heavy atom. The van der Waals surface area contributed by atoms with Crippen LogP contribution in [0, 0.1) is 11.3 Å². The van der Waals surface area contributed by atoms with Crippen LogP contribution < -0.4 is 0 Å². The third kappa shape index (κ3) is 4.31. The number of hydrogen-bond acceptors (Lipinski definition) is 6. The van der Waals surface area contributed by atoms with Crippen molar-refractivity contribution in [2.24, 2.45) is 11.3 Å². The maximum Gasteiger partial charge on any atom is 0.323 e. The Balaban J connectivity index is 2.37. The molecule has 2 rings (SSSR count). The fourth-order valence-electron chi connectivity index (χ4n) is 3.30. The van der Waals surface area contributed by atoms with Crippen LogP contribution in [-0.4, -0.2) is 31.3 Å². The van der Waals surface area contributed by atoms with Gasteiger partial charge in [0, 0.05) is 6.92 Å². The second-order valence-electron chi connectivity index (χ2n) is 6.14. The number of methoxy groups -OCH3 is 2. The van der Waals surface area contributed by atoms with Crippen LogP contribution in [0.3, 0.4) is 0 Å². The number of rotatable bonds is 5. The third-order valence-corrected chi connectivity index (χ3v) is 5.23. The smallest absolute Gasteiger partial charge is 0.323 e. The number of esters is 2. The van der Waals surface area contributed by atoms with Gasteiger partial charge in [-0.25, -0.2) is 0 Å². The summed E-state index contributed by atoms with van der Waals surface area (Å²) in [7, 11) is 2.54. The Bertz CT molecular complexity index is 664. The van der Waals surface area contributed by atoms with Crippen molar-refractivity contribution in [3.63, 3.8) is 0 Å². The van der Waals surface area contributed by atoms with Crippen LogP contribution in [0.5, 0.6) is 0 Å². The number of thioether (sulfide) groups is 1. The van der Waals surface area contributed by atoms with Crippen molar-refractivity contribution in [2.75, 3.05) is 14.2 Å². The number of hydrogen-bond donors (Lipinski definition) is 0. The fourth-order valence-corrected chi connectivity index (χ4v) is 3.89. The van der Waals surface area contributed by atoms with Crippen molar-refractivity contribution in [3.05, 3.63) is 46.9 Å². The average molecular weight is 362 g/mol. The van der Waals surface area contributed by atoms with Crippen molar-refractivity contribution >= 4 is 28.8 Å². The molecule has 0 bridgehead atoms. The zero-order chi connectivity index (χ0) is 18.4. The Morgan fingerprint density at radius 2 is 1.76 bits per heavy atom. The molecule has 1 atom stereocenters. The predicted octanol–water partition coefficient (Wildman–Crippen LogP) is 3.14. The molecular formula is C19H22O5S. The molecule has 6 heteroatoms. The Labute approximate surface area is 151 Å². The summed E-state index contributed by atoms with van der Waals surface area (Å²) in [6.45, 7) is 1.48. The summed E-state index contributed by atoms with van der Waals surface area (Å²) in [6, 6.07) is 9.85. The van der Waals surface area contributed by atoms with E-state index < -0.39 is 17.4 Å². The lowest BCUT2D eigenvalue weighted by molar-refractivity contribution is -0.168.